The van der Waals surface area contributed by atoms with Crippen LogP contribution in [0.15, 0.2) is 18.2 Å². The van der Waals surface area contributed by atoms with E-state index in [1.807, 2.05) is 6.07 Å². The molecule has 0 bridgehead atoms. The van der Waals surface area contributed by atoms with Crippen molar-refractivity contribution in [2.24, 2.45) is 0 Å². The average Bonchev–Trinajstić information content (AvgIpc) is 2.46. The third-order valence-electron chi connectivity index (χ3n) is 3.69. The van der Waals surface area contributed by atoms with Crippen LogP contribution in [0.3, 0.4) is 0 Å². The molecule has 0 radical (unpaired) electrons. The second kappa shape index (κ2) is 11.1. The molecule has 0 saturated heterocycles. The molecule has 0 aliphatic rings. The van der Waals surface area contributed by atoms with Crippen LogP contribution in [-0.4, -0.2) is 5.78 Å². The summed E-state index contributed by atoms with van der Waals surface area (Å²) in [6.07, 6.45) is 11.2. The molecule has 0 saturated carbocycles. The lowest BCUT2D eigenvalue weighted by molar-refractivity contribution is -0.118. The average molecular weight is 329 g/mol. The van der Waals surface area contributed by atoms with E-state index in [-0.39, 0.29) is 0 Å². The second-order valence-corrected chi connectivity index (χ2v) is 6.50. The van der Waals surface area contributed by atoms with Gasteiger partial charge in [-0.15, -0.1) is 0 Å². The lowest BCUT2D eigenvalue weighted by Crippen LogP contribution is -2.02. The third kappa shape index (κ3) is 8.48. The molecule has 0 aliphatic heterocycles. The summed E-state index contributed by atoms with van der Waals surface area (Å²) in [5.74, 6) is 0.291. The molecule has 21 heavy (non-hydrogen) atoms. The number of hydrogen-bond acceptors (Lipinski definition) is 1. The maximum absolute atomic E-state index is 11.9. The standard InChI is InChI=1S/C18H26Cl2O/c1-2-3-4-5-6-7-8-9-10-16(21)13-15-11-12-17(19)18(20)14-15/h11-12,14H,2-10,13H2,1H3. The molecule has 1 nitrogen and oxygen atoms in total. The van der Waals surface area contributed by atoms with Crippen molar-refractivity contribution in [1.29, 1.82) is 0 Å². The lowest BCUT2D eigenvalue weighted by Gasteiger charge is -2.04. The van der Waals surface area contributed by atoms with Crippen molar-refractivity contribution in [2.75, 3.05) is 0 Å². The van der Waals surface area contributed by atoms with Gasteiger partial charge in [0.1, 0.15) is 5.78 Å². The van der Waals surface area contributed by atoms with Gasteiger partial charge in [-0.3, -0.25) is 4.79 Å². The van der Waals surface area contributed by atoms with Crippen LogP contribution < -0.4 is 0 Å². The molecule has 0 heterocycles. The van der Waals surface area contributed by atoms with Crippen LogP contribution in [-0.2, 0) is 11.2 Å². The van der Waals surface area contributed by atoms with Gasteiger partial charge in [-0.1, -0.05) is 81.1 Å². The largest absolute Gasteiger partial charge is 0.299 e. The first-order valence-corrected chi connectivity index (χ1v) is 8.84. The summed E-state index contributed by atoms with van der Waals surface area (Å²) in [6.45, 7) is 2.24. The fourth-order valence-corrected chi connectivity index (χ4v) is 2.74. The first-order valence-electron chi connectivity index (χ1n) is 8.09. The molecule has 0 spiro atoms. The summed E-state index contributed by atoms with van der Waals surface area (Å²) in [5.41, 5.74) is 0.953. The first kappa shape index (κ1) is 18.5. The van der Waals surface area contributed by atoms with Gasteiger partial charge in [0.05, 0.1) is 10.0 Å². The van der Waals surface area contributed by atoms with Gasteiger partial charge in [-0.2, -0.15) is 0 Å². The summed E-state index contributed by atoms with van der Waals surface area (Å²) in [6, 6.07) is 5.41. The zero-order valence-electron chi connectivity index (χ0n) is 13.0. The Morgan fingerprint density at radius 2 is 1.52 bits per heavy atom. The van der Waals surface area contributed by atoms with Crippen molar-refractivity contribution in [3.63, 3.8) is 0 Å². The minimum Gasteiger partial charge on any atom is -0.299 e. The smallest absolute Gasteiger partial charge is 0.137 e. The Hall–Kier alpha value is -0.530. The van der Waals surface area contributed by atoms with Crippen LogP contribution in [0.2, 0.25) is 10.0 Å². The van der Waals surface area contributed by atoms with E-state index in [4.69, 9.17) is 23.2 Å². The molecule has 0 aromatic heterocycles. The summed E-state index contributed by atoms with van der Waals surface area (Å²) in [5, 5.41) is 1.06. The van der Waals surface area contributed by atoms with Crippen molar-refractivity contribution < 1.29 is 4.79 Å². The Labute approximate surface area is 139 Å². The molecule has 1 aromatic carbocycles. The van der Waals surface area contributed by atoms with E-state index in [1.54, 1.807) is 12.1 Å². The predicted octanol–water partition coefficient (Wildman–Crippen LogP) is 6.64. The van der Waals surface area contributed by atoms with E-state index in [0.29, 0.717) is 28.7 Å². The van der Waals surface area contributed by atoms with Crippen molar-refractivity contribution in [3.8, 4) is 0 Å². The van der Waals surface area contributed by atoms with Crippen molar-refractivity contribution in [2.45, 2.75) is 71.1 Å². The highest BCUT2D eigenvalue weighted by molar-refractivity contribution is 6.42. The normalized spacial score (nSPS) is 10.8. The number of carbonyl (C=O) groups is 1. The highest BCUT2D eigenvalue weighted by Gasteiger charge is 2.06. The molecular formula is C18H26Cl2O. The van der Waals surface area contributed by atoms with Crippen molar-refractivity contribution >= 4 is 29.0 Å². The Morgan fingerprint density at radius 3 is 2.14 bits per heavy atom. The highest BCUT2D eigenvalue weighted by Crippen LogP contribution is 2.23. The monoisotopic (exact) mass is 328 g/mol. The molecule has 1 rings (SSSR count). The number of carbonyl (C=O) groups excluding carboxylic acids is 1. The molecule has 0 fully saturated rings. The van der Waals surface area contributed by atoms with Gasteiger partial charge in [-0.25, -0.2) is 0 Å². The SMILES string of the molecule is CCCCCCCCCCC(=O)Cc1ccc(Cl)c(Cl)c1. The molecule has 1 aromatic rings. The van der Waals surface area contributed by atoms with Gasteiger partial charge < -0.3 is 0 Å². The molecule has 0 unspecified atom stereocenters. The second-order valence-electron chi connectivity index (χ2n) is 5.69. The zero-order chi connectivity index (χ0) is 15.5. The van der Waals surface area contributed by atoms with E-state index >= 15 is 0 Å². The molecule has 118 valence electrons. The van der Waals surface area contributed by atoms with E-state index in [9.17, 15) is 4.79 Å². The van der Waals surface area contributed by atoms with Crippen molar-refractivity contribution in [1.82, 2.24) is 0 Å². The van der Waals surface area contributed by atoms with Crippen LogP contribution in [0, 0.1) is 0 Å². The van der Waals surface area contributed by atoms with Gasteiger partial charge in [0, 0.05) is 12.8 Å². The first-order chi connectivity index (χ1) is 10.1. The fraction of sp³-hybridized carbons (Fsp3) is 0.611. The van der Waals surface area contributed by atoms with E-state index in [1.165, 1.54) is 44.9 Å². The van der Waals surface area contributed by atoms with E-state index in [2.05, 4.69) is 6.92 Å². The van der Waals surface area contributed by atoms with Crippen LogP contribution in [0.25, 0.3) is 0 Å². The molecule has 0 amide bonds. The number of halogens is 2. The quantitative estimate of drug-likeness (QED) is 0.416. The Balaban J connectivity index is 2.10. The lowest BCUT2D eigenvalue weighted by atomic mass is 10.0. The van der Waals surface area contributed by atoms with E-state index in [0.717, 1.165) is 12.0 Å². The minimum absolute atomic E-state index is 0.291. The van der Waals surface area contributed by atoms with Gasteiger partial charge >= 0.3 is 0 Å². The number of hydrogen-bond donors (Lipinski definition) is 0. The number of benzene rings is 1. The summed E-state index contributed by atoms with van der Waals surface area (Å²) >= 11 is 11.8. The van der Waals surface area contributed by atoms with Gasteiger partial charge in [0.25, 0.3) is 0 Å². The minimum atomic E-state index is 0.291. The number of rotatable bonds is 11. The summed E-state index contributed by atoms with van der Waals surface area (Å²) < 4.78 is 0. The fourth-order valence-electron chi connectivity index (χ4n) is 2.42. The summed E-state index contributed by atoms with van der Waals surface area (Å²) in [4.78, 5) is 11.9. The van der Waals surface area contributed by atoms with E-state index < -0.39 is 0 Å². The molecule has 0 aliphatic carbocycles. The van der Waals surface area contributed by atoms with Crippen molar-refractivity contribution in [3.05, 3.63) is 33.8 Å². The molecular weight excluding hydrogens is 303 g/mol. The maximum Gasteiger partial charge on any atom is 0.137 e. The molecule has 0 N–H and O–H groups in total. The number of Topliss-reactive ketones (excluding diaryl/α,β-unsaturated/α-hetero) is 1. The Bertz CT molecular complexity index is 429. The van der Waals surface area contributed by atoms with Gasteiger partial charge in [0.2, 0.25) is 0 Å². The highest BCUT2D eigenvalue weighted by atomic mass is 35.5. The van der Waals surface area contributed by atoms with Crippen LogP contribution in [0.1, 0.15) is 70.3 Å². The Kier molecular flexibility index (Phi) is 9.78. The predicted molar refractivity (Wildman–Crippen MR) is 92.4 cm³/mol. The molecule has 0 atom stereocenters. The number of ketones is 1. The van der Waals surface area contributed by atoms with Gasteiger partial charge in [-0.05, 0) is 24.1 Å². The maximum atomic E-state index is 11.9. The third-order valence-corrected chi connectivity index (χ3v) is 4.43. The van der Waals surface area contributed by atoms with Gasteiger partial charge in [0.15, 0.2) is 0 Å². The zero-order valence-corrected chi connectivity index (χ0v) is 14.5. The van der Waals surface area contributed by atoms with Crippen LogP contribution in [0.5, 0.6) is 0 Å². The Morgan fingerprint density at radius 1 is 0.905 bits per heavy atom. The summed E-state index contributed by atoms with van der Waals surface area (Å²) in [7, 11) is 0. The molecule has 3 heteroatoms. The van der Waals surface area contributed by atoms with Crippen LogP contribution >= 0.6 is 23.2 Å². The topological polar surface area (TPSA) is 17.1 Å². The number of unbranched alkanes of at least 4 members (excludes halogenated alkanes) is 7. The van der Waals surface area contributed by atoms with Crippen LogP contribution in [0.4, 0.5) is 0 Å².